The van der Waals surface area contributed by atoms with E-state index in [0.29, 0.717) is 0 Å². The number of hydrogen-bond acceptors (Lipinski definition) is 3. The van der Waals surface area contributed by atoms with E-state index in [9.17, 15) is 0 Å². The molecule has 0 fully saturated rings. The standard InChI is InChI=1S/C11H24N2O/c1-4-5-8-13(3)9-6-10-14-11-7-12-2/h4-5,12H,6-11H2,1-3H3/b5-4-. The predicted molar refractivity (Wildman–Crippen MR) is 61.7 cm³/mol. The fraction of sp³-hybridized carbons (Fsp3) is 0.818. The minimum atomic E-state index is 0.815. The number of nitrogens with one attached hydrogen (secondary N) is 1. The Morgan fingerprint density at radius 2 is 2.14 bits per heavy atom. The molecule has 3 heteroatoms. The van der Waals surface area contributed by atoms with E-state index in [4.69, 9.17) is 4.74 Å². The van der Waals surface area contributed by atoms with Crippen LogP contribution in [0.4, 0.5) is 0 Å². The Hall–Kier alpha value is -0.380. The SMILES string of the molecule is C/C=C\CN(C)CCCOCCNC. The number of nitrogens with zero attached hydrogens (tertiary/aromatic N) is 1. The van der Waals surface area contributed by atoms with E-state index >= 15 is 0 Å². The lowest BCUT2D eigenvalue weighted by atomic mass is 10.4. The molecule has 0 radical (unpaired) electrons. The minimum Gasteiger partial charge on any atom is -0.380 e. The van der Waals surface area contributed by atoms with Crippen LogP contribution in [0.5, 0.6) is 0 Å². The molecule has 0 aromatic rings. The zero-order valence-corrected chi connectivity index (χ0v) is 9.75. The Morgan fingerprint density at radius 3 is 2.79 bits per heavy atom. The first-order valence-corrected chi connectivity index (χ1v) is 5.33. The molecule has 0 saturated heterocycles. The zero-order valence-electron chi connectivity index (χ0n) is 9.75. The summed E-state index contributed by atoms with van der Waals surface area (Å²) >= 11 is 0. The number of hydrogen-bond donors (Lipinski definition) is 1. The van der Waals surface area contributed by atoms with E-state index in [1.165, 1.54) is 0 Å². The minimum absolute atomic E-state index is 0.815. The van der Waals surface area contributed by atoms with Gasteiger partial charge in [0.2, 0.25) is 0 Å². The third-order valence-corrected chi connectivity index (χ3v) is 1.98. The highest BCUT2D eigenvalue weighted by Crippen LogP contribution is 1.89. The number of ether oxygens (including phenoxy) is 1. The van der Waals surface area contributed by atoms with Gasteiger partial charge in [-0.2, -0.15) is 0 Å². The number of allylic oxidation sites excluding steroid dienone is 1. The van der Waals surface area contributed by atoms with Crippen molar-refractivity contribution in [3.8, 4) is 0 Å². The lowest BCUT2D eigenvalue weighted by molar-refractivity contribution is 0.127. The van der Waals surface area contributed by atoms with Crippen LogP contribution in [-0.4, -0.2) is 51.8 Å². The molecular weight excluding hydrogens is 176 g/mol. The Labute approximate surface area is 88.1 Å². The molecule has 0 spiro atoms. The van der Waals surface area contributed by atoms with Crippen LogP contribution < -0.4 is 5.32 Å². The lowest BCUT2D eigenvalue weighted by Crippen LogP contribution is -2.21. The van der Waals surface area contributed by atoms with Crippen LogP contribution in [0.25, 0.3) is 0 Å². The molecule has 14 heavy (non-hydrogen) atoms. The highest BCUT2D eigenvalue weighted by atomic mass is 16.5. The van der Waals surface area contributed by atoms with E-state index in [1.54, 1.807) is 0 Å². The average molecular weight is 200 g/mol. The van der Waals surface area contributed by atoms with Gasteiger partial charge in [0.25, 0.3) is 0 Å². The van der Waals surface area contributed by atoms with Crippen molar-refractivity contribution >= 4 is 0 Å². The zero-order chi connectivity index (χ0) is 10.6. The molecular formula is C11H24N2O. The van der Waals surface area contributed by atoms with Crippen LogP contribution in [0.2, 0.25) is 0 Å². The second-order valence-electron chi connectivity index (χ2n) is 3.40. The van der Waals surface area contributed by atoms with Crippen molar-refractivity contribution in [2.75, 3.05) is 46.9 Å². The molecule has 1 N–H and O–H groups in total. The summed E-state index contributed by atoms with van der Waals surface area (Å²) in [5.41, 5.74) is 0. The van der Waals surface area contributed by atoms with Crippen LogP contribution in [0.3, 0.4) is 0 Å². The van der Waals surface area contributed by atoms with Gasteiger partial charge in [-0.1, -0.05) is 12.2 Å². The molecule has 0 bridgehead atoms. The van der Waals surface area contributed by atoms with Crippen molar-refractivity contribution in [2.45, 2.75) is 13.3 Å². The summed E-state index contributed by atoms with van der Waals surface area (Å²) in [4.78, 5) is 2.29. The van der Waals surface area contributed by atoms with E-state index in [-0.39, 0.29) is 0 Å². The Balaban J connectivity index is 3.10. The van der Waals surface area contributed by atoms with Gasteiger partial charge in [-0.05, 0) is 27.4 Å². The van der Waals surface area contributed by atoms with Gasteiger partial charge in [-0.15, -0.1) is 0 Å². The van der Waals surface area contributed by atoms with Gasteiger partial charge < -0.3 is 15.0 Å². The molecule has 0 aliphatic heterocycles. The van der Waals surface area contributed by atoms with Crippen LogP contribution in [0, 0.1) is 0 Å². The molecule has 0 unspecified atom stereocenters. The summed E-state index contributed by atoms with van der Waals surface area (Å²) in [6, 6.07) is 0. The van der Waals surface area contributed by atoms with Crippen LogP contribution >= 0.6 is 0 Å². The maximum Gasteiger partial charge on any atom is 0.0590 e. The summed E-state index contributed by atoms with van der Waals surface area (Å²) in [5.74, 6) is 0. The van der Waals surface area contributed by atoms with Crippen molar-refractivity contribution in [3.63, 3.8) is 0 Å². The number of likely N-dealkylation sites (N-methyl/N-ethyl adjacent to an activating group) is 2. The predicted octanol–water partition coefficient (Wildman–Crippen LogP) is 1.12. The topological polar surface area (TPSA) is 24.5 Å². The highest BCUT2D eigenvalue weighted by molar-refractivity contribution is 4.79. The fourth-order valence-corrected chi connectivity index (χ4v) is 1.09. The molecule has 0 heterocycles. The molecule has 0 amide bonds. The normalized spacial score (nSPS) is 11.7. The molecule has 0 aliphatic rings. The van der Waals surface area contributed by atoms with Gasteiger partial charge in [0.15, 0.2) is 0 Å². The molecule has 0 aromatic carbocycles. The van der Waals surface area contributed by atoms with Gasteiger partial charge in [0.1, 0.15) is 0 Å². The van der Waals surface area contributed by atoms with Crippen LogP contribution in [0.15, 0.2) is 12.2 Å². The molecule has 3 nitrogen and oxygen atoms in total. The van der Waals surface area contributed by atoms with E-state index in [2.05, 4.69) is 36.3 Å². The van der Waals surface area contributed by atoms with Crippen molar-refractivity contribution < 1.29 is 4.74 Å². The first-order valence-electron chi connectivity index (χ1n) is 5.33. The highest BCUT2D eigenvalue weighted by Gasteiger charge is 1.94. The average Bonchev–Trinajstić information content (AvgIpc) is 2.20. The fourth-order valence-electron chi connectivity index (χ4n) is 1.09. The van der Waals surface area contributed by atoms with Crippen molar-refractivity contribution in [2.24, 2.45) is 0 Å². The van der Waals surface area contributed by atoms with Gasteiger partial charge in [0.05, 0.1) is 6.61 Å². The lowest BCUT2D eigenvalue weighted by Gasteiger charge is -2.13. The third kappa shape index (κ3) is 9.71. The summed E-state index contributed by atoms with van der Waals surface area (Å²) in [6.07, 6.45) is 5.36. The quantitative estimate of drug-likeness (QED) is 0.446. The van der Waals surface area contributed by atoms with E-state index < -0.39 is 0 Å². The largest absolute Gasteiger partial charge is 0.380 e. The summed E-state index contributed by atoms with van der Waals surface area (Å²) < 4.78 is 5.42. The Morgan fingerprint density at radius 1 is 1.36 bits per heavy atom. The third-order valence-electron chi connectivity index (χ3n) is 1.98. The maximum absolute atomic E-state index is 5.42. The summed E-state index contributed by atoms with van der Waals surface area (Å²) in [7, 11) is 4.07. The molecule has 0 saturated carbocycles. The second-order valence-corrected chi connectivity index (χ2v) is 3.40. The van der Waals surface area contributed by atoms with Crippen molar-refractivity contribution in [3.05, 3.63) is 12.2 Å². The van der Waals surface area contributed by atoms with Gasteiger partial charge >= 0.3 is 0 Å². The molecule has 0 aromatic heterocycles. The molecule has 0 atom stereocenters. The van der Waals surface area contributed by atoms with Gasteiger partial charge in [0, 0.05) is 26.2 Å². The summed E-state index contributed by atoms with van der Waals surface area (Å²) in [6.45, 7) is 6.80. The first-order chi connectivity index (χ1) is 6.81. The van der Waals surface area contributed by atoms with Gasteiger partial charge in [-0.25, -0.2) is 0 Å². The van der Waals surface area contributed by atoms with Crippen LogP contribution in [0.1, 0.15) is 13.3 Å². The smallest absolute Gasteiger partial charge is 0.0590 e. The van der Waals surface area contributed by atoms with Crippen molar-refractivity contribution in [1.29, 1.82) is 0 Å². The Bertz CT molecular complexity index is 137. The number of rotatable bonds is 9. The second kappa shape index (κ2) is 10.7. The first kappa shape index (κ1) is 13.6. The van der Waals surface area contributed by atoms with Crippen LogP contribution in [-0.2, 0) is 4.74 Å². The maximum atomic E-state index is 5.42. The monoisotopic (exact) mass is 200 g/mol. The van der Waals surface area contributed by atoms with E-state index in [1.807, 2.05) is 7.05 Å². The van der Waals surface area contributed by atoms with E-state index in [0.717, 1.165) is 39.3 Å². The van der Waals surface area contributed by atoms with Crippen molar-refractivity contribution in [1.82, 2.24) is 10.2 Å². The molecule has 84 valence electrons. The summed E-state index contributed by atoms with van der Waals surface area (Å²) in [5, 5.41) is 3.05. The van der Waals surface area contributed by atoms with Gasteiger partial charge in [-0.3, -0.25) is 0 Å². The Kier molecular flexibility index (Phi) is 10.4. The molecule has 0 rings (SSSR count). The molecule has 0 aliphatic carbocycles.